The zero-order valence-electron chi connectivity index (χ0n) is 9.43. The van der Waals surface area contributed by atoms with Gasteiger partial charge in [0.05, 0.1) is 17.7 Å². The molecule has 1 heterocycles. The fourth-order valence-corrected chi connectivity index (χ4v) is 1.22. The molecule has 0 fully saturated rings. The van der Waals surface area contributed by atoms with Crippen LogP contribution < -0.4 is 5.32 Å². The van der Waals surface area contributed by atoms with E-state index in [-0.39, 0.29) is 12.5 Å². The van der Waals surface area contributed by atoms with Crippen LogP contribution in [-0.4, -0.2) is 33.3 Å². The second-order valence-electron chi connectivity index (χ2n) is 3.71. The Bertz CT molecular complexity index is 343. The molecule has 0 aliphatic heterocycles. The van der Waals surface area contributed by atoms with Gasteiger partial charge in [-0.05, 0) is 13.3 Å². The Hall–Kier alpha value is -1.45. The molecule has 16 heavy (non-hydrogen) atoms. The SMILES string of the molecule is CC(C#N)CNCc1cn(CCCO)nn1. The number of nitrogens with one attached hydrogen (secondary N) is 1. The molecule has 0 saturated heterocycles. The summed E-state index contributed by atoms with van der Waals surface area (Å²) in [7, 11) is 0. The fourth-order valence-electron chi connectivity index (χ4n) is 1.22. The van der Waals surface area contributed by atoms with Gasteiger partial charge in [0.2, 0.25) is 0 Å². The molecule has 0 amide bonds. The number of aliphatic hydroxyl groups excluding tert-OH is 1. The lowest BCUT2D eigenvalue weighted by Gasteiger charge is -2.02. The summed E-state index contributed by atoms with van der Waals surface area (Å²) in [6, 6.07) is 2.15. The minimum absolute atomic E-state index is 0.00411. The molecular weight excluding hydrogens is 206 g/mol. The molecule has 1 aromatic heterocycles. The van der Waals surface area contributed by atoms with Crippen molar-refractivity contribution in [3.05, 3.63) is 11.9 Å². The van der Waals surface area contributed by atoms with Crippen molar-refractivity contribution < 1.29 is 5.11 Å². The van der Waals surface area contributed by atoms with Gasteiger partial charge < -0.3 is 10.4 Å². The molecule has 0 spiro atoms. The highest BCUT2D eigenvalue weighted by molar-refractivity contribution is 4.92. The first-order valence-electron chi connectivity index (χ1n) is 5.36. The quantitative estimate of drug-likeness (QED) is 0.674. The highest BCUT2D eigenvalue weighted by atomic mass is 16.3. The maximum absolute atomic E-state index is 8.66. The van der Waals surface area contributed by atoms with Crippen molar-refractivity contribution in [1.29, 1.82) is 5.26 Å². The van der Waals surface area contributed by atoms with E-state index in [2.05, 4.69) is 21.7 Å². The van der Waals surface area contributed by atoms with Crippen molar-refractivity contribution in [1.82, 2.24) is 20.3 Å². The molecular formula is C10H17N5O. The summed E-state index contributed by atoms with van der Waals surface area (Å²) in [4.78, 5) is 0. The first kappa shape index (κ1) is 12.6. The Morgan fingerprint density at radius 3 is 3.19 bits per heavy atom. The smallest absolute Gasteiger partial charge is 0.0964 e. The summed E-state index contributed by atoms with van der Waals surface area (Å²) in [5.41, 5.74) is 0.850. The van der Waals surface area contributed by atoms with Crippen LogP contribution in [0.4, 0.5) is 0 Å². The summed E-state index contributed by atoms with van der Waals surface area (Å²) in [6.45, 7) is 3.97. The van der Waals surface area contributed by atoms with E-state index in [4.69, 9.17) is 10.4 Å². The predicted molar refractivity (Wildman–Crippen MR) is 58.2 cm³/mol. The van der Waals surface area contributed by atoms with Gasteiger partial charge in [0.15, 0.2) is 0 Å². The largest absolute Gasteiger partial charge is 0.396 e. The Morgan fingerprint density at radius 2 is 2.50 bits per heavy atom. The van der Waals surface area contributed by atoms with Crippen molar-refractivity contribution in [3.63, 3.8) is 0 Å². The van der Waals surface area contributed by atoms with Crippen LogP contribution in [0.25, 0.3) is 0 Å². The number of aliphatic hydroxyl groups is 1. The van der Waals surface area contributed by atoms with E-state index in [0.717, 1.165) is 5.69 Å². The number of rotatable bonds is 7. The number of nitriles is 1. The van der Waals surface area contributed by atoms with Gasteiger partial charge in [-0.1, -0.05) is 5.21 Å². The zero-order chi connectivity index (χ0) is 11.8. The summed E-state index contributed by atoms with van der Waals surface area (Å²) in [5, 5.41) is 28.3. The lowest BCUT2D eigenvalue weighted by molar-refractivity contribution is 0.276. The van der Waals surface area contributed by atoms with Gasteiger partial charge in [-0.15, -0.1) is 5.10 Å². The van der Waals surface area contributed by atoms with Gasteiger partial charge in [0.25, 0.3) is 0 Å². The lowest BCUT2D eigenvalue weighted by Crippen LogP contribution is -2.19. The summed E-state index contributed by atoms with van der Waals surface area (Å²) >= 11 is 0. The van der Waals surface area contributed by atoms with Crippen LogP contribution >= 0.6 is 0 Å². The molecule has 1 aromatic rings. The molecule has 0 radical (unpaired) electrons. The normalized spacial score (nSPS) is 12.3. The van der Waals surface area contributed by atoms with Crippen LogP contribution in [0, 0.1) is 17.2 Å². The van der Waals surface area contributed by atoms with Gasteiger partial charge in [0, 0.05) is 32.4 Å². The van der Waals surface area contributed by atoms with Crippen LogP contribution in [-0.2, 0) is 13.1 Å². The van der Waals surface area contributed by atoms with Gasteiger partial charge in [-0.25, -0.2) is 0 Å². The second-order valence-corrected chi connectivity index (χ2v) is 3.71. The van der Waals surface area contributed by atoms with Gasteiger partial charge in [0.1, 0.15) is 0 Å². The Balaban J connectivity index is 2.27. The van der Waals surface area contributed by atoms with E-state index in [9.17, 15) is 0 Å². The van der Waals surface area contributed by atoms with E-state index in [0.29, 0.717) is 26.1 Å². The van der Waals surface area contributed by atoms with Gasteiger partial charge >= 0.3 is 0 Å². The van der Waals surface area contributed by atoms with E-state index < -0.39 is 0 Å². The van der Waals surface area contributed by atoms with Crippen molar-refractivity contribution in [2.24, 2.45) is 5.92 Å². The molecule has 0 bridgehead atoms. The number of hydrogen-bond acceptors (Lipinski definition) is 5. The average Bonchev–Trinajstić information content (AvgIpc) is 2.74. The van der Waals surface area contributed by atoms with E-state index in [1.165, 1.54) is 0 Å². The van der Waals surface area contributed by atoms with Crippen molar-refractivity contribution in [3.8, 4) is 6.07 Å². The van der Waals surface area contributed by atoms with Crippen LogP contribution in [0.3, 0.4) is 0 Å². The van der Waals surface area contributed by atoms with E-state index in [1.807, 2.05) is 13.1 Å². The predicted octanol–water partition coefficient (Wildman–Crippen LogP) is -0.0902. The summed E-state index contributed by atoms with van der Waals surface area (Å²) in [5.74, 6) is 0.00411. The highest BCUT2D eigenvalue weighted by Gasteiger charge is 2.02. The Morgan fingerprint density at radius 1 is 1.69 bits per heavy atom. The summed E-state index contributed by atoms with van der Waals surface area (Å²) < 4.78 is 1.71. The number of nitrogens with zero attached hydrogens (tertiary/aromatic N) is 4. The van der Waals surface area contributed by atoms with Gasteiger partial charge in [-0.2, -0.15) is 5.26 Å². The topological polar surface area (TPSA) is 86.8 Å². The second kappa shape index (κ2) is 6.93. The molecule has 0 aliphatic carbocycles. The van der Waals surface area contributed by atoms with E-state index >= 15 is 0 Å². The maximum atomic E-state index is 8.66. The first-order chi connectivity index (χ1) is 7.76. The Kier molecular flexibility index (Phi) is 5.46. The minimum Gasteiger partial charge on any atom is -0.396 e. The fraction of sp³-hybridized carbons (Fsp3) is 0.700. The zero-order valence-corrected chi connectivity index (χ0v) is 9.43. The van der Waals surface area contributed by atoms with Crippen LogP contribution in [0.1, 0.15) is 19.0 Å². The molecule has 0 aliphatic rings. The first-order valence-corrected chi connectivity index (χ1v) is 5.36. The number of aryl methyl sites for hydroxylation is 1. The van der Waals surface area contributed by atoms with Crippen LogP contribution in [0.5, 0.6) is 0 Å². The van der Waals surface area contributed by atoms with Crippen LogP contribution in [0.2, 0.25) is 0 Å². The van der Waals surface area contributed by atoms with Crippen molar-refractivity contribution in [2.75, 3.05) is 13.2 Å². The lowest BCUT2D eigenvalue weighted by atomic mass is 10.2. The van der Waals surface area contributed by atoms with Gasteiger partial charge in [-0.3, -0.25) is 4.68 Å². The molecule has 88 valence electrons. The molecule has 2 N–H and O–H groups in total. The highest BCUT2D eigenvalue weighted by Crippen LogP contribution is 1.95. The van der Waals surface area contributed by atoms with Crippen molar-refractivity contribution >= 4 is 0 Å². The third-order valence-electron chi connectivity index (χ3n) is 2.11. The molecule has 0 aromatic carbocycles. The van der Waals surface area contributed by atoms with Crippen LogP contribution in [0.15, 0.2) is 6.20 Å². The average molecular weight is 223 g/mol. The monoisotopic (exact) mass is 223 g/mol. The third kappa shape index (κ3) is 4.38. The molecule has 1 atom stereocenters. The Labute approximate surface area is 94.9 Å². The minimum atomic E-state index is 0.00411. The molecule has 6 heteroatoms. The standard InChI is InChI=1S/C10H17N5O/c1-9(5-11)6-12-7-10-8-15(14-13-10)3-2-4-16/h8-9,12,16H,2-4,6-7H2,1H3. The molecule has 6 nitrogen and oxygen atoms in total. The third-order valence-corrected chi connectivity index (χ3v) is 2.11. The maximum Gasteiger partial charge on any atom is 0.0964 e. The summed E-state index contributed by atoms with van der Waals surface area (Å²) in [6.07, 6.45) is 2.53. The number of aromatic nitrogens is 3. The number of hydrogen-bond donors (Lipinski definition) is 2. The van der Waals surface area contributed by atoms with Crippen molar-refractivity contribution in [2.45, 2.75) is 26.4 Å². The van der Waals surface area contributed by atoms with E-state index in [1.54, 1.807) is 4.68 Å². The molecule has 1 rings (SSSR count). The molecule has 0 saturated carbocycles. The molecule has 1 unspecified atom stereocenters.